The van der Waals surface area contributed by atoms with Gasteiger partial charge >= 0.3 is 6.18 Å². The summed E-state index contributed by atoms with van der Waals surface area (Å²) in [6, 6.07) is 10.5. The standard InChI is InChI=1S/C39H38F5NO6/c1-37-18-8-19-45(37)38(2,22-25-13-12-24(9-5-6-20-46)32(40)33(25)41)36(49)31(35(37)48)29(47)17-15-23-14-16-26(39(42,43)44)21-28(23)27-10-7-11-30(50-3)34(27)51-4/h7,10-14,16,21,46,48H,6,8,15,17-20,22H2,1-4H3/t37?,38-/m0/s1. The van der Waals surface area contributed by atoms with Crippen LogP contribution in [0.5, 0.6) is 11.5 Å². The molecular weight excluding hydrogens is 673 g/mol. The molecule has 1 fully saturated rings. The van der Waals surface area contributed by atoms with E-state index >= 15 is 8.78 Å². The van der Waals surface area contributed by atoms with E-state index in [0.717, 1.165) is 12.1 Å². The average Bonchev–Trinajstić information content (AvgIpc) is 3.52. The maximum absolute atomic E-state index is 15.4. The van der Waals surface area contributed by atoms with E-state index in [0.29, 0.717) is 30.5 Å². The summed E-state index contributed by atoms with van der Waals surface area (Å²) in [5.74, 6) is 1.18. The first-order valence-corrected chi connectivity index (χ1v) is 16.4. The number of carbonyl (C=O) groups is 2. The molecule has 270 valence electrons. The van der Waals surface area contributed by atoms with Gasteiger partial charge in [-0.3, -0.25) is 14.5 Å². The number of rotatable bonds is 10. The van der Waals surface area contributed by atoms with Gasteiger partial charge in [-0.25, -0.2) is 8.78 Å². The number of fused-ring (bicyclic) bond motifs is 1. The van der Waals surface area contributed by atoms with Crippen molar-refractivity contribution in [1.29, 1.82) is 0 Å². The Morgan fingerprint density at radius 3 is 2.39 bits per heavy atom. The van der Waals surface area contributed by atoms with Crippen LogP contribution in [0.25, 0.3) is 11.1 Å². The van der Waals surface area contributed by atoms with Crippen LogP contribution in [0.1, 0.15) is 61.8 Å². The van der Waals surface area contributed by atoms with Crippen LogP contribution in [0.15, 0.2) is 59.9 Å². The zero-order valence-electron chi connectivity index (χ0n) is 28.6. The number of aliphatic hydroxyl groups excluding tert-OH is 2. The Labute approximate surface area is 292 Å². The van der Waals surface area contributed by atoms with Gasteiger partial charge in [-0.15, -0.1) is 0 Å². The van der Waals surface area contributed by atoms with Crippen LogP contribution in [0.3, 0.4) is 0 Å². The molecule has 0 radical (unpaired) electrons. The van der Waals surface area contributed by atoms with Gasteiger partial charge in [0, 0.05) is 31.4 Å². The number of ketones is 2. The van der Waals surface area contributed by atoms with Gasteiger partial charge in [0.15, 0.2) is 34.7 Å². The lowest BCUT2D eigenvalue weighted by Gasteiger charge is -2.50. The van der Waals surface area contributed by atoms with Crippen molar-refractivity contribution in [3.63, 3.8) is 0 Å². The van der Waals surface area contributed by atoms with Crippen LogP contribution in [0.4, 0.5) is 22.0 Å². The van der Waals surface area contributed by atoms with Crippen molar-refractivity contribution in [3.8, 4) is 34.5 Å². The number of Topliss-reactive ketones (excluding diaryl/α,β-unsaturated/α-hetero) is 2. The molecule has 0 spiro atoms. The number of nitrogens with zero attached hydrogens (tertiary/aromatic N) is 1. The van der Waals surface area contributed by atoms with E-state index in [1.807, 2.05) is 0 Å². The quantitative estimate of drug-likeness (QED) is 0.131. The molecule has 1 unspecified atom stereocenters. The fourth-order valence-corrected chi connectivity index (χ4v) is 7.30. The Bertz CT molecular complexity index is 1960. The fourth-order valence-electron chi connectivity index (χ4n) is 7.30. The minimum absolute atomic E-state index is 0.0743. The highest BCUT2D eigenvalue weighted by molar-refractivity contribution is 6.24. The molecule has 7 nitrogen and oxygen atoms in total. The minimum Gasteiger partial charge on any atom is -0.509 e. The number of benzene rings is 3. The lowest BCUT2D eigenvalue weighted by atomic mass is 9.73. The van der Waals surface area contributed by atoms with Crippen LogP contribution in [-0.4, -0.2) is 65.1 Å². The van der Waals surface area contributed by atoms with Crippen molar-refractivity contribution < 1.29 is 51.2 Å². The van der Waals surface area contributed by atoms with E-state index in [2.05, 4.69) is 11.8 Å². The zero-order valence-corrected chi connectivity index (χ0v) is 28.6. The lowest BCUT2D eigenvalue weighted by molar-refractivity contribution is -0.138. The number of alkyl halides is 3. The number of methoxy groups -OCH3 is 2. The monoisotopic (exact) mass is 711 g/mol. The van der Waals surface area contributed by atoms with Gasteiger partial charge < -0.3 is 19.7 Å². The van der Waals surface area contributed by atoms with Gasteiger partial charge in [0.2, 0.25) is 0 Å². The van der Waals surface area contributed by atoms with Crippen LogP contribution in [0.2, 0.25) is 0 Å². The van der Waals surface area contributed by atoms with Crippen LogP contribution < -0.4 is 9.47 Å². The Balaban J connectivity index is 1.51. The highest BCUT2D eigenvalue weighted by Gasteiger charge is 2.59. The summed E-state index contributed by atoms with van der Waals surface area (Å²) in [5.41, 5.74) is -3.65. The first-order valence-electron chi connectivity index (χ1n) is 16.4. The smallest absolute Gasteiger partial charge is 0.416 e. The molecule has 12 heteroatoms. The van der Waals surface area contributed by atoms with E-state index in [1.165, 1.54) is 39.3 Å². The molecule has 5 rings (SSSR count). The number of aryl methyl sites for hydroxylation is 1. The Kier molecular flexibility index (Phi) is 10.7. The molecule has 2 heterocycles. The molecule has 3 aromatic carbocycles. The van der Waals surface area contributed by atoms with E-state index in [4.69, 9.17) is 14.6 Å². The summed E-state index contributed by atoms with van der Waals surface area (Å²) in [4.78, 5) is 30.1. The van der Waals surface area contributed by atoms with Crippen LogP contribution >= 0.6 is 0 Å². The van der Waals surface area contributed by atoms with Crippen molar-refractivity contribution in [3.05, 3.63) is 93.8 Å². The van der Waals surface area contributed by atoms with Crippen molar-refractivity contribution in [1.82, 2.24) is 4.90 Å². The minimum atomic E-state index is -4.66. The maximum atomic E-state index is 15.4. The van der Waals surface area contributed by atoms with Crippen molar-refractivity contribution in [2.24, 2.45) is 0 Å². The number of carbonyl (C=O) groups excluding carboxylic acids is 2. The fraction of sp³-hybridized carbons (Fsp3) is 0.385. The number of aliphatic hydroxyl groups is 2. The SMILES string of the molecule is COc1cccc(-c2cc(C(F)(F)F)ccc2CCC(=O)C2=C(O)C3(C)CCCN3[C@@](C)(Cc3ccc(C#CCCO)c(F)c3F)C2=O)c1OC. The lowest BCUT2D eigenvalue weighted by Crippen LogP contribution is -2.65. The van der Waals surface area contributed by atoms with Gasteiger partial charge in [-0.2, -0.15) is 13.2 Å². The summed E-state index contributed by atoms with van der Waals surface area (Å²) in [5, 5.41) is 20.5. The number of hydrogen-bond donors (Lipinski definition) is 2. The number of ether oxygens (including phenoxy) is 2. The molecule has 0 amide bonds. The first kappa shape index (κ1) is 37.5. The van der Waals surface area contributed by atoms with E-state index in [1.54, 1.807) is 30.0 Å². The summed E-state index contributed by atoms with van der Waals surface area (Å²) >= 11 is 0. The van der Waals surface area contributed by atoms with Crippen molar-refractivity contribution >= 4 is 11.6 Å². The molecule has 51 heavy (non-hydrogen) atoms. The third-order valence-electron chi connectivity index (χ3n) is 9.89. The highest BCUT2D eigenvalue weighted by Crippen LogP contribution is 2.48. The third-order valence-corrected chi connectivity index (χ3v) is 9.89. The molecule has 2 aliphatic rings. The molecule has 2 atom stereocenters. The number of para-hydroxylation sites is 1. The van der Waals surface area contributed by atoms with Crippen LogP contribution in [0, 0.1) is 23.5 Å². The van der Waals surface area contributed by atoms with Gasteiger partial charge in [0.1, 0.15) is 11.3 Å². The Hall–Kier alpha value is -4.73. The Morgan fingerprint density at radius 2 is 1.73 bits per heavy atom. The second-order valence-electron chi connectivity index (χ2n) is 13.0. The number of halogens is 5. The molecular formula is C39H38F5NO6. The summed E-state index contributed by atoms with van der Waals surface area (Å²) in [6.07, 6.45) is -4.43. The molecule has 0 bridgehead atoms. The van der Waals surface area contributed by atoms with Gasteiger partial charge in [0.25, 0.3) is 0 Å². The summed E-state index contributed by atoms with van der Waals surface area (Å²) in [7, 11) is 2.75. The second kappa shape index (κ2) is 14.5. The van der Waals surface area contributed by atoms with E-state index in [9.17, 15) is 27.9 Å². The average molecular weight is 712 g/mol. The maximum Gasteiger partial charge on any atom is 0.416 e. The largest absolute Gasteiger partial charge is 0.509 e. The van der Waals surface area contributed by atoms with E-state index in [-0.39, 0.29) is 60.5 Å². The first-order chi connectivity index (χ1) is 24.1. The molecule has 0 aliphatic carbocycles. The second-order valence-corrected chi connectivity index (χ2v) is 13.0. The molecule has 2 N–H and O–H groups in total. The zero-order chi connectivity index (χ0) is 37.3. The normalized spacial score (nSPS) is 20.5. The Morgan fingerprint density at radius 1 is 1.00 bits per heavy atom. The van der Waals surface area contributed by atoms with Gasteiger partial charge in [0.05, 0.1) is 43.0 Å². The molecule has 2 aliphatic heterocycles. The van der Waals surface area contributed by atoms with Crippen LogP contribution in [-0.2, 0) is 28.6 Å². The van der Waals surface area contributed by atoms with Crippen molar-refractivity contribution in [2.45, 2.75) is 69.6 Å². The molecule has 3 aromatic rings. The predicted octanol–water partition coefficient (Wildman–Crippen LogP) is 7.15. The molecule has 0 saturated carbocycles. The molecule has 1 saturated heterocycles. The third kappa shape index (κ3) is 6.85. The van der Waals surface area contributed by atoms with Crippen molar-refractivity contribution in [2.75, 3.05) is 27.4 Å². The van der Waals surface area contributed by atoms with Gasteiger partial charge in [-0.1, -0.05) is 36.1 Å². The summed E-state index contributed by atoms with van der Waals surface area (Å²) in [6.45, 7) is 3.33. The highest BCUT2D eigenvalue weighted by atomic mass is 19.4. The van der Waals surface area contributed by atoms with Gasteiger partial charge in [-0.05, 0) is 74.1 Å². The predicted molar refractivity (Wildman–Crippen MR) is 179 cm³/mol. The topological polar surface area (TPSA) is 96.3 Å². The molecule has 0 aromatic heterocycles. The number of hydrogen-bond acceptors (Lipinski definition) is 7. The van der Waals surface area contributed by atoms with E-state index < -0.39 is 57.4 Å². The summed E-state index contributed by atoms with van der Waals surface area (Å²) < 4.78 is 82.9.